The third-order valence-corrected chi connectivity index (χ3v) is 7.21. The quantitative estimate of drug-likeness (QED) is 0.634. The lowest BCUT2D eigenvalue weighted by atomic mass is 9.71. The number of nitrogen functional groups attached to an aromatic ring is 1. The molecule has 0 aromatic carbocycles. The Morgan fingerprint density at radius 1 is 1.06 bits per heavy atom. The van der Waals surface area contributed by atoms with Crippen LogP contribution in [0.3, 0.4) is 0 Å². The van der Waals surface area contributed by atoms with Crippen LogP contribution in [0.4, 0.5) is 23.0 Å². The van der Waals surface area contributed by atoms with Crippen LogP contribution in [0.25, 0.3) is 0 Å². The Morgan fingerprint density at radius 3 is 2.58 bits per heavy atom. The van der Waals surface area contributed by atoms with Gasteiger partial charge >= 0.3 is 0 Å². The van der Waals surface area contributed by atoms with E-state index in [2.05, 4.69) is 35.4 Å². The van der Waals surface area contributed by atoms with Gasteiger partial charge in [-0.15, -0.1) is 0 Å². The van der Waals surface area contributed by atoms with Crippen molar-refractivity contribution in [2.24, 2.45) is 5.41 Å². The smallest absolute Gasteiger partial charge is 0.278 e. The molecule has 33 heavy (non-hydrogen) atoms. The predicted molar refractivity (Wildman–Crippen MR) is 128 cm³/mol. The van der Waals surface area contributed by atoms with E-state index in [0.29, 0.717) is 30.1 Å². The van der Waals surface area contributed by atoms with Crippen molar-refractivity contribution in [3.05, 3.63) is 30.4 Å². The number of morpholine rings is 1. The summed E-state index contributed by atoms with van der Waals surface area (Å²) in [6.45, 7) is 6.88. The number of carbonyl (C=O) groups excluding carboxylic acids is 1. The number of nitrogens with one attached hydrogen (secondary N) is 2. The summed E-state index contributed by atoms with van der Waals surface area (Å²) in [5.74, 6) is 0.453. The molecule has 3 fully saturated rings. The molecule has 5 heterocycles. The number of anilines is 4. The first-order valence-electron chi connectivity index (χ1n) is 11.8. The van der Waals surface area contributed by atoms with Crippen LogP contribution in [0.1, 0.15) is 36.2 Å². The molecule has 176 valence electrons. The molecule has 3 aliphatic rings. The zero-order valence-corrected chi connectivity index (χ0v) is 18.9. The molecule has 10 nitrogen and oxygen atoms in total. The summed E-state index contributed by atoms with van der Waals surface area (Å²) in [6, 6.07) is 1.90. The fourth-order valence-corrected chi connectivity index (χ4v) is 5.12. The van der Waals surface area contributed by atoms with E-state index in [1.54, 1.807) is 18.6 Å². The number of aromatic nitrogens is 3. The molecule has 0 unspecified atom stereocenters. The van der Waals surface area contributed by atoms with Crippen LogP contribution in [0.15, 0.2) is 24.7 Å². The van der Waals surface area contributed by atoms with Gasteiger partial charge in [-0.3, -0.25) is 9.78 Å². The topological polar surface area (TPSA) is 122 Å². The molecule has 2 aromatic heterocycles. The first-order chi connectivity index (χ1) is 16.1. The standard InChI is InChI=1S/C23H32N8O2/c24-21-20(22(32)28-17-15-26-6-1-18(17)30-11-13-33-14-12-30)29-19(16-27-21)31-9-4-23(5-10-31)2-7-25-8-3-23/h1,6,15-16,25H,2-5,7-14H2,(H2,24,27)(H,28,32). The van der Waals surface area contributed by atoms with E-state index in [1.165, 1.54) is 12.8 Å². The van der Waals surface area contributed by atoms with Gasteiger partial charge in [0.25, 0.3) is 5.91 Å². The zero-order chi connectivity index (χ0) is 22.7. The lowest BCUT2D eigenvalue weighted by molar-refractivity contribution is 0.102. The molecule has 1 amide bonds. The molecule has 1 spiro atoms. The molecule has 0 radical (unpaired) electrons. The Hall–Kier alpha value is -2.98. The maximum atomic E-state index is 13.2. The molecule has 3 aliphatic heterocycles. The number of rotatable bonds is 4. The van der Waals surface area contributed by atoms with Crippen molar-refractivity contribution in [1.29, 1.82) is 0 Å². The fraction of sp³-hybridized carbons (Fsp3) is 0.565. The van der Waals surface area contributed by atoms with Crippen molar-refractivity contribution in [2.75, 3.05) is 73.3 Å². The summed E-state index contributed by atoms with van der Waals surface area (Å²) >= 11 is 0. The minimum Gasteiger partial charge on any atom is -0.382 e. The summed E-state index contributed by atoms with van der Waals surface area (Å²) in [6.07, 6.45) is 9.80. The maximum Gasteiger partial charge on any atom is 0.278 e. The average Bonchev–Trinajstić information content (AvgIpc) is 2.86. The van der Waals surface area contributed by atoms with Gasteiger partial charge in [-0.2, -0.15) is 0 Å². The van der Waals surface area contributed by atoms with Crippen LogP contribution < -0.4 is 26.2 Å². The van der Waals surface area contributed by atoms with Crippen molar-refractivity contribution in [3.63, 3.8) is 0 Å². The van der Waals surface area contributed by atoms with Gasteiger partial charge in [0, 0.05) is 32.4 Å². The van der Waals surface area contributed by atoms with Gasteiger partial charge in [0.15, 0.2) is 11.5 Å². The summed E-state index contributed by atoms with van der Waals surface area (Å²) in [5.41, 5.74) is 8.19. The molecule has 3 saturated heterocycles. The Morgan fingerprint density at radius 2 is 1.82 bits per heavy atom. The van der Waals surface area contributed by atoms with E-state index in [-0.39, 0.29) is 17.4 Å². The number of amides is 1. The van der Waals surface area contributed by atoms with E-state index in [1.807, 2.05) is 6.07 Å². The average molecular weight is 453 g/mol. The minimum atomic E-state index is -0.379. The van der Waals surface area contributed by atoms with E-state index < -0.39 is 0 Å². The van der Waals surface area contributed by atoms with E-state index in [9.17, 15) is 4.79 Å². The van der Waals surface area contributed by atoms with Crippen LogP contribution in [0, 0.1) is 5.41 Å². The normalized spacial score (nSPS) is 20.6. The van der Waals surface area contributed by atoms with Gasteiger partial charge in [-0.25, -0.2) is 9.97 Å². The third kappa shape index (κ3) is 4.72. The van der Waals surface area contributed by atoms with Crippen molar-refractivity contribution in [3.8, 4) is 0 Å². The van der Waals surface area contributed by atoms with Crippen LogP contribution in [0.5, 0.6) is 0 Å². The summed E-state index contributed by atoms with van der Waals surface area (Å²) in [7, 11) is 0. The molecule has 0 atom stereocenters. The first-order valence-corrected chi connectivity index (χ1v) is 11.8. The summed E-state index contributed by atoms with van der Waals surface area (Å²) < 4.78 is 5.45. The van der Waals surface area contributed by atoms with Gasteiger partial charge < -0.3 is 30.9 Å². The van der Waals surface area contributed by atoms with Gasteiger partial charge in [0.1, 0.15) is 5.82 Å². The van der Waals surface area contributed by atoms with Crippen molar-refractivity contribution in [1.82, 2.24) is 20.3 Å². The highest BCUT2D eigenvalue weighted by Gasteiger charge is 2.36. The number of hydrogen-bond acceptors (Lipinski definition) is 9. The van der Waals surface area contributed by atoms with Gasteiger partial charge in [0.05, 0.1) is 37.0 Å². The van der Waals surface area contributed by atoms with Crippen molar-refractivity contribution >= 4 is 28.9 Å². The van der Waals surface area contributed by atoms with Crippen LogP contribution in [-0.2, 0) is 4.74 Å². The molecule has 2 aromatic rings. The van der Waals surface area contributed by atoms with Gasteiger partial charge in [-0.05, 0) is 50.3 Å². The van der Waals surface area contributed by atoms with E-state index in [4.69, 9.17) is 10.5 Å². The molecule has 10 heteroatoms. The monoisotopic (exact) mass is 452 g/mol. The SMILES string of the molecule is Nc1ncc(N2CCC3(CCNCC3)CC2)nc1C(=O)Nc1cnccc1N1CCOCC1. The number of piperidine rings is 2. The Bertz CT molecular complexity index is 978. The Labute approximate surface area is 193 Å². The minimum absolute atomic E-state index is 0.125. The highest BCUT2D eigenvalue weighted by molar-refractivity contribution is 6.07. The largest absolute Gasteiger partial charge is 0.382 e. The van der Waals surface area contributed by atoms with Crippen molar-refractivity contribution < 1.29 is 9.53 Å². The molecule has 4 N–H and O–H groups in total. The van der Waals surface area contributed by atoms with Crippen molar-refractivity contribution in [2.45, 2.75) is 25.7 Å². The third-order valence-electron chi connectivity index (χ3n) is 7.21. The molecule has 0 saturated carbocycles. The van der Waals surface area contributed by atoms with Gasteiger partial charge in [-0.1, -0.05) is 0 Å². The summed E-state index contributed by atoms with van der Waals surface area (Å²) in [5, 5.41) is 6.41. The molecule has 0 aliphatic carbocycles. The second-order valence-electron chi connectivity index (χ2n) is 9.15. The second-order valence-corrected chi connectivity index (χ2v) is 9.15. The predicted octanol–water partition coefficient (Wildman–Crippen LogP) is 1.51. The lowest BCUT2D eigenvalue weighted by Crippen LogP contribution is -2.45. The van der Waals surface area contributed by atoms with Gasteiger partial charge in [0.2, 0.25) is 0 Å². The number of nitrogens with zero attached hydrogens (tertiary/aromatic N) is 5. The fourth-order valence-electron chi connectivity index (χ4n) is 5.12. The number of nitrogens with two attached hydrogens (primary N) is 1. The molecule has 0 bridgehead atoms. The highest BCUT2D eigenvalue weighted by Crippen LogP contribution is 2.40. The first kappa shape index (κ1) is 21.8. The summed E-state index contributed by atoms with van der Waals surface area (Å²) in [4.78, 5) is 30.7. The molecular formula is C23H32N8O2. The van der Waals surface area contributed by atoms with E-state index >= 15 is 0 Å². The number of hydrogen-bond donors (Lipinski definition) is 3. The second kappa shape index (κ2) is 9.48. The van der Waals surface area contributed by atoms with Crippen LogP contribution in [0.2, 0.25) is 0 Å². The zero-order valence-electron chi connectivity index (χ0n) is 18.9. The lowest BCUT2D eigenvalue weighted by Gasteiger charge is -2.44. The van der Waals surface area contributed by atoms with E-state index in [0.717, 1.165) is 57.8 Å². The maximum absolute atomic E-state index is 13.2. The van der Waals surface area contributed by atoms with Crippen LogP contribution >= 0.6 is 0 Å². The molecule has 5 rings (SSSR count). The Balaban J connectivity index is 1.30. The number of carbonyl (C=O) groups is 1. The number of ether oxygens (including phenoxy) is 1. The van der Waals surface area contributed by atoms with Crippen LogP contribution in [-0.4, -0.2) is 73.3 Å². The molecular weight excluding hydrogens is 420 g/mol. The highest BCUT2D eigenvalue weighted by atomic mass is 16.5. The number of pyridine rings is 1. The Kier molecular flexibility index (Phi) is 6.28.